The molecule has 0 saturated carbocycles. The molecular weight excluding hydrogens is 825 g/mol. The molecule has 12 aromatic rings. The summed E-state index contributed by atoms with van der Waals surface area (Å²) in [6, 6.07) is 86.8. The Morgan fingerprint density at radius 3 is 1.40 bits per heavy atom. The van der Waals surface area contributed by atoms with Crippen LogP contribution < -0.4 is 0 Å². The van der Waals surface area contributed by atoms with Crippen molar-refractivity contribution in [1.29, 1.82) is 0 Å². The van der Waals surface area contributed by atoms with Gasteiger partial charge in [0.2, 0.25) is 0 Å². The van der Waals surface area contributed by atoms with Crippen LogP contribution in [0.5, 0.6) is 0 Å². The SMILES string of the molecule is c1ccc(-c2cc(-c3ccccc3)cc(-c3ccc(-c4ccc5c(c4)-c4c(ccc6c7ccccc7n(-c7ccccc7)c46)C5)c(-c4nc(-c5ccccc5)nc(-c5ccccc5)n4)c3)c2)cc1. The highest BCUT2D eigenvalue weighted by Gasteiger charge is 2.27. The van der Waals surface area contributed by atoms with E-state index in [1.165, 1.54) is 55.2 Å². The number of aromatic nitrogens is 4. The quantitative estimate of drug-likeness (QED) is 0.153. The van der Waals surface area contributed by atoms with Crippen LogP contribution >= 0.6 is 0 Å². The van der Waals surface area contributed by atoms with E-state index in [0.717, 1.165) is 62.2 Å². The van der Waals surface area contributed by atoms with Gasteiger partial charge in [0.25, 0.3) is 0 Å². The predicted octanol–water partition coefficient (Wildman–Crippen LogP) is 16.2. The first-order chi connectivity index (χ1) is 33.7. The van der Waals surface area contributed by atoms with Crippen LogP contribution in [-0.4, -0.2) is 19.5 Å². The van der Waals surface area contributed by atoms with Gasteiger partial charge in [-0.3, -0.25) is 0 Å². The Kier molecular flexibility index (Phi) is 9.54. The van der Waals surface area contributed by atoms with Gasteiger partial charge in [0.1, 0.15) is 0 Å². The van der Waals surface area contributed by atoms with Crippen molar-refractivity contribution in [3.8, 4) is 95.5 Å². The van der Waals surface area contributed by atoms with Crippen LogP contribution in [0.3, 0.4) is 0 Å². The molecule has 0 atom stereocenters. The molecule has 0 aliphatic heterocycles. The van der Waals surface area contributed by atoms with Crippen LogP contribution in [0.1, 0.15) is 11.1 Å². The maximum absolute atomic E-state index is 5.34. The van der Waals surface area contributed by atoms with Crippen molar-refractivity contribution >= 4 is 21.8 Å². The second-order valence-electron chi connectivity index (χ2n) is 17.6. The summed E-state index contributed by atoms with van der Waals surface area (Å²) >= 11 is 0. The first-order valence-electron chi connectivity index (χ1n) is 23.2. The van der Waals surface area contributed by atoms with E-state index in [9.17, 15) is 0 Å². The molecular formula is C64H42N4. The van der Waals surface area contributed by atoms with Gasteiger partial charge < -0.3 is 4.57 Å². The summed E-state index contributed by atoms with van der Waals surface area (Å²) in [5, 5.41) is 2.51. The van der Waals surface area contributed by atoms with E-state index in [1.807, 2.05) is 36.4 Å². The molecule has 2 heterocycles. The van der Waals surface area contributed by atoms with E-state index in [4.69, 9.17) is 15.0 Å². The molecule has 1 aliphatic rings. The van der Waals surface area contributed by atoms with Crippen molar-refractivity contribution in [2.75, 3.05) is 0 Å². The van der Waals surface area contributed by atoms with Gasteiger partial charge in [-0.1, -0.05) is 194 Å². The van der Waals surface area contributed by atoms with Gasteiger partial charge in [0.15, 0.2) is 17.5 Å². The Bertz CT molecular complexity index is 3730. The van der Waals surface area contributed by atoms with E-state index >= 15 is 0 Å². The Hall–Kier alpha value is -8.99. The fourth-order valence-electron chi connectivity index (χ4n) is 10.2. The first-order valence-corrected chi connectivity index (χ1v) is 23.2. The van der Waals surface area contributed by atoms with Gasteiger partial charge in [-0.25, -0.2) is 15.0 Å². The summed E-state index contributed by atoms with van der Waals surface area (Å²) in [4.78, 5) is 15.8. The molecule has 318 valence electrons. The summed E-state index contributed by atoms with van der Waals surface area (Å²) in [6.07, 6.45) is 0.874. The lowest BCUT2D eigenvalue weighted by atomic mass is 9.89. The third-order valence-corrected chi connectivity index (χ3v) is 13.4. The molecule has 68 heavy (non-hydrogen) atoms. The molecule has 0 saturated heterocycles. The summed E-state index contributed by atoms with van der Waals surface area (Å²) in [5.41, 5.74) is 20.6. The highest BCUT2D eigenvalue weighted by Crippen LogP contribution is 2.48. The fourth-order valence-corrected chi connectivity index (χ4v) is 10.2. The Morgan fingerprint density at radius 1 is 0.294 bits per heavy atom. The van der Waals surface area contributed by atoms with E-state index in [-0.39, 0.29) is 0 Å². The maximum Gasteiger partial charge on any atom is 0.164 e. The normalized spacial score (nSPS) is 11.8. The lowest BCUT2D eigenvalue weighted by Gasteiger charge is -2.16. The molecule has 0 fully saturated rings. The van der Waals surface area contributed by atoms with Gasteiger partial charge in [0.05, 0.1) is 11.0 Å². The van der Waals surface area contributed by atoms with Crippen molar-refractivity contribution in [3.63, 3.8) is 0 Å². The number of hydrogen-bond donors (Lipinski definition) is 0. The number of para-hydroxylation sites is 2. The summed E-state index contributed by atoms with van der Waals surface area (Å²) in [7, 11) is 0. The highest BCUT2D eigenvalue weighted by molar-refractivity contribution is 6.15. The van der Waals surface area contributed by atoms with Gasteiger partial charge >= 0.3 is 0 Å². The van der Waals surface area contributed by atoms with E-state index in [0.29, 0.717) is 17.5 Å². The monoisotopic (exact) mass is 866 g/mol. The Morgan fingerprint density at radius 2 is 0.779 bits per heavy atom. The smallest absolute Gasteiger partial charge is 0.164 e. The number of hydrogen-bond acceptors (Lipinski definition) is 3. The van der Waals surface area contributed by atoms with Crippen LogP contribution in [0, 0.1) is 0 Å². The molecule has 0 radical (unpaired) electrons. The zero-order valence-electron chi connectivity index (χ0n) is 37.1. The molecule has 1 aliphatic carbocycles. The number of benzene rings is 10. The topological polar surface area (TPSA) is 43.6 Å². The third kappa shape index (κ3) is 6.90. The first kappa shape index (κ1) is 39.4. The minimum absolute atomic E-state index is 0.615. The highest BCUT2D eigenvalue weighted by atomic mass is 15.0. The van der Waals surface area contributed by atoms with Gasteiger partial charge in [-0.2, -0.15) is 0 Å². The molecule has 0 bridgehead atoms. The van der Waals surface area contributed by atoms with Crippen molar-refractivity contribution in [2.45, 2.75) is 6.42 Å². The van der Waals surface area contributed by atoms with Crippen LogP contribution in [0.25, 0.3) is 117 Å². The Balaban J connectivity index is 1.05. The summed E-state index contributed by atoms with van der Waals surface area (Å²) in [5.74, 6) is 1.87. The van der Waals surface area contributed by atoms with Crippen molar-refractivity contribution in [3.05, 3.63) is 254 Å². The van der Waals surface area contributed by atoms with Gasteiger partial charge in [0, 0.05) is 38.7 Å². The second-order valence-corrected chi connectivity index (χ2v) is 17.6. The van der Waals surface area contributed by atoms with Crippen molar-refractivity contribution in [1.82, 2.24) is 19.5 Å². The van der Waals surface area contributed by atoms with Crippen LogP contribution in [-0.2, 0) is 6.42 Å². The average Bonchev–Trinajstić information content (AvgIpc) is 3.97. The van der Waals surface area contributed by atoms with Crippen LogP contribution in [0.4, 0.5) is 0 Å². The molecule has 0 spiro atoms. The molecule has 13 rings (SSSR count). The molecule has 0 amide bonds. The predicted molar refractivity (Wildman–Crippen MR) is 280 cm³/mol. The average molecular weight is 867 g/mol. The standard InChI is InChI=1S/C64H42N4/c1-6-18-42(19-7-1)50-37-51(43-20-8-2-9-21-43)39-52(38-50)46-32-34-54(58(40-46)64-66-62(44-22-10-3-11-23-44)65-63(67-64)45-24-12-4-13-25-45)48-31-30-47-36-49-33-35-56-55-28-16-17-29-59(55)68(53-26-14-5-15-27-53)61(56)60(49)57(47)41-48/h1-35,37-41H,36H2. The molecule has 0 unspecified atom stereocenters. The zero-order chi connectivity index (χ0) is 45.0. The van der Waals surface area contributed by atoms with Crippen molar-refractivity contribution in [2.24, 2.45) is 0 Å². The van der Waals surface area contributed by atoms with Gasteiger partial charge in [-0.05, 0) is 116 Å². The summed E-state index contributed by atoms with van der Waals surface area (Å²) < 4.78 is 2.46. The Labute approximate surface area is 395 Å². The molecule has 2 aromatic heterocycles. The van der Waals surface area contributed by atoms with Crippen LogP contribution in [0.15, 0.2) is 243 Å². The molecule has 4 heteroatoms. The minimum Gasteiger partial charge on any atom is -0.309 e. The van der Waals surface area contributed by atoms with E-state index in [1.54, 1.807) is 0 Å². The van der Waals surface area contributed by atoms with Crippen LogP contribution in [0.2, 0.25) is 0 Å². The molecule has 10 aromatic carbocycles. The zero-order valence-corrected chi connectivity index (χ0v) is 37.1. The minimum atomic E-state index is 0.615. The third-order valence-electron chi connectivity index (χ3n) is 13.4. The van der Waals surface area contributed by atoms with Gasteiger partial charge in [-0.15, -0.1) is 0 Å². The lowest BCUT2D eigenvalue weighted by molar-refractivity contribution is 1.07. The van der Waals surface area contributed by atoms with E-state index < -0.39 is 0 Å². The fraction of sp³-hybridized carbons (Fsp3) is 0.0156. The van der Waals surface area contributed by atoms with E-state index in [2.05, 4.69) is 211 Å². The molecule has 4 nitrogen and oxygen atoms in total. The lowest BCUT2D eigenvalue weighted by Crippen LogP contribution is -2.01. The molecule has 0 N–H and O–H groups in total. The number of nitrogens with zero attached hydrogens (tertiary/aromatic N) is 4. The summed E-state index contributed by atoms with van der Waals surface area (Å²) in [6.45, 7) is 0. The maximum atomic E-state index is 5.34. The van der Waals surface area contributed by atoms with Crippen molar-refractivity contribution < 1.29 is 0 Å². The number of rotatable bonds is 8. The number of fused-ring (bicyclic) bond motifs is 7. The largest absolute Gasteiger partial charge is 0.309 e. The second kappa shape index (κ2) is 16.5.